The Labute approximate surface area is 125 Å². The second-order valence-corrected chi connectivity index (χ2v) is 5.82. The second-order valence-electron chi connectivity index (χ2n) is 4.90. The molecule has 6 heteroatoms. The highest BCUT2D eigenvalue weighted by atomic mass is 32.1. The van der Waals surface area contributed by atoms with Gasteiger partial charge in [0.2, 0.25) is 0 Å². The molecular weight excluding hydrogens is 288 g/mol. The van der Waals surface area contributed by atoms with E-state index in [0.717, 1.165) is 6.42 Å². The monoisotopic (exact) mass is 302 g/mol. The zero-order valence-corrected chi connectivity index (χ0v) is 11.9. The number of thiophene rings is 1. The van der Waals surface area contributed by atoms with Crippen molar-refractivity contribution in [3.05, 3.63) is 52.4 Å². The second kappa shape index (κ2) is 5.57. The molecule has 3 N–H and O–H groups in total. The number of aromatic carboxylic acids is 1. The maximum absolute atomic E-state index is 11.8. The van der Waals surface area contributed by atoms with Gasteiger partial charge >= 0.3 is 12.0 Å². The van der Waals surface area contributed by atoms with E-state index in [4.69, 9.17) is 5.11 Å². The van der Waals surface area contributed by atoms with Crippen LogP contribution in [0, 0.1) is 0 Å². The predicted octanol–water partition coefficient (Wildman–Crippen LogP) is 2.91. The molecule has 2 amide bonds. The van der Waals surface area contributed by atoms with Crippen molar-refractivity contribution in [3.8, 4) is 0 Å². The highest BCUT2D eigenvalue weighted by Gasteiger charge is 2.25. The molecule has 2 aromatic rings. The van der Waals surface area contributed by atoms with E-state index in [-0.39, 0.29) is 11.6 Å². The van der Waals surface area contributed by atoms with Crippen LogP contribution in [-0.4, -0.2) is 23.7 Å². The third-order valence-corrected chi connectivity index (χ3v) is 4.42. The first-order valence-corrected chi connectivity index (χ1v) is 7.46. The minimum Gasteiger partial charge on any atom is -0.478 e. The topological polar surface area (TPSA) is 78.4 Å². The largest absolute Gasteiger partial charge is 0.478 e. The number of hydrogen-bond acceptors (Lipinski definition) is 3. The van der Waals surface area contributed by atoms with Crippen LogP contribution in [0.5, 0.6) is 0 Å². The summed E-state index contributed by atoms with van der Waals surface area (Å²) in [5.74, 6) is -0.700. The smallest absolute Gasteiger partial charge is 0.338 e. The minimum atomic E-state index is -1.04. The molecule has 1 aromatic heterocycles. The molecule has 1 heterocycles. The van der Waals surface area contributed by atoms with Gasteiger partial charge in [0.1, 0.15) is 5.00 Å². The molecule has 0 fully saturated rings. The summed E-state index contributed by atoms with van der Waals surface area (Å²) in [6.07, 6.45) is 0.968. The van der Waals surface area contributed by atoms with E-state index in [1.807, 2.05) is 12.1 Å². The fraction of sp³-hybridized carbons (Fsp3) is 0.200. The highest BCUT2D eigenvalue weighted by molar-refractivity contribution is 7.14. The van der Waals surface area contributed by atoms with Crippen molar-refractivity contribution in [2.45, 2.75) is 12.3 Å². The summed E-state index contributed by atoms with van der Waals surface area (Å²) in [5, 5.41) is 16.4. The van der Waals surface area contributed by atoms with Crippen molar-refractivity contribution in [1.29, 1.82) is 0 Å². The average molecular weight is 302 g/mol. The van der Waals surface area contributed by atoms with Crippen molar-refractivity contribution >= 4 is 28.3 Å². The van der Waals surface area contributed by atoms with Gasteiger partial charge in [-0.05, 0) is 29.0 Å². The Kier molecular flexibility index (Phi) is 3.62. The molecule has 1 aliphatic rings. The summed E-state index contributed by atoms with van der Waals surface area (Å²) >= 11 is 1.20. The third kappa shape index (κ3) is 2.75. The van der Waals surface area contributed by atoms with Crippen molar-refractivity contribution in [1.82, 2.24) is 5.32 Å². The van der Waals surface area contributed by atoms with E-state index in [1.54, 1.807) is 5.38 Å². The Balaban J connectivity index is 1.54. The number of rotatable bonds is 4. The number of nitrogens with one attached hydrogen (secondary N) is 2. The molecule has 21 heavy (non-hydrogen) atoms. The molecule has 1 aliphatic carbocycles. The first kappa shape index (κ1) is 13.6. The van der Waals surface area contributed by atoms with E-state index < -0.39 is 5.97 Å². The predicted molar refractivity (Wildman–Crippen MR) is 81.2 cm³/mol. The summed E-state index contributed by atoms with van der Waals surface area (Å²) in [7, 11) is 0. The van der Waals surface area contributed by atoms with Gasteiger partial charge in [0.25, 0.3) is 0 Å². The SMILES string of the molecule is O=C(NCC1Cc2ccccc21)Nc1sccc1C(=O)O. The van der Waals surface area contributed by atoms with Crippen molar-refractivity contribution in [2.75, 3.05) is 11.9 Å². The number of carbonyl (C=O) groups excluding carboxylic acids is 1. The molecule has 0 bridgehead atoms. The lowest BCUT2D eigenvalue weighted by molar-refractivity contribution is 0.0698. The zero-order chi connectivity index (χ0) is 14.8. The van der Waals surface area contributed by atoms with Gasteiger partial charge in [-0.25, -0.2) is 9.59 Å². The number of urea groups is 1. The Morgan fingerprint density at radius 1 is 1.29 bits per heavy atom. The average Bonchev–Trinajstić information content (AvgIpc) is 2.88. The van der Waals surface area contributed by atoms with Crippen LogP contribution in [0.2, 0.25) is 0 Å². The Hall–Kier alpha value is -2.34. The summed E-state index contributed by atoms with van der Waals surface area (Å²) in [4.78, 5) is 22.8. The Morgan fingerprint density at radius 2 is 2.10 bits per heavy atom. The van der Waals surface area contributed by atoms with Gasteiger partial charge in [-0.3, -0.25) is 5.32 Å². The number of hydrogen-bond donors (Lipinski definition) is 3. The number of benzene rings is 1. The molecule has 5 nitrogen and oxygen atoms in total. The van der Waals surface area contributed by atoms with Crippen LogP contribution in [0.1, 0.15) is 27.4 Å². The molecule has 0 radical (unpaired) electrons. The molecule has 0 aliphatic heterocycles. The van der Waals surface area contributed by atoms with E-state index >= 15 is 0 Å². The molecular formula is C15H14N2O3S. The van der Waals surface area contributed by atoms with Crippen molar-refractivity contribution < 1.29 is 14.7 Å². The number of amides is 2. The lowest BCUT2D eigenvalue weighted by atomic mass is 9.78. The van der Waals surface area contributed by atoms with Gasteiger partial charge in [-0.15, -0.1) is 11.3 Å². The van der Waals surface area contributed by atoms with Gasteiger partial charge in [-0.2, -0.15) is 0 Å². The first-order chi connectivity index (χ1) is 10.1. The summed E-state index contributed by atoms with van der Waals surface area (Å²) in [5.41, 5.74) is 2.72. The molecule has 108 valence electrons. The quantitative estimate of drug-likeness (QED) is 0.812. The van der Waals surface area contributed by atoms with E-state index in [0.29, 0.717) is 17.5 Å². The molecule has 1 aromatic carbocycles. The van der Waals surface area contributed by atoms with Crippen LogP contribution < -0.4 is 10.6 Å². The third-order valence-electron chi connectivity index (χ3n) is 3.59. The van der Waals surface area contributed by atoms with E-state index in [2.05, 4.69) is 22.8 Å². The van der Waals surface area contributed by atoms with Crippen LogP contribution in [0.25, 0.3) is 0 Å². The van der Waals surface area contributed by atoms with E-state index in [9.17, 15) is 9.59 Å². The molecule has 0 spiro atoms. The van der Waals surface area contributed by atoms with Gasteiger partial charge in [0.15, 0.2) is 0 Å². The number of carbonyl (C=O) groups is 2. The molecule has 1 unspecified atom stereocenters. The van der Waals surface area contributed by atoms with Crippen LogP contribution in [0.4, 0.5) is 9.80 Å². The number of anilines is 1. The molecule has 1 atom stereocenters. The number of carboxylic acid groups (broad SMARTS) is 1. The molecule has 0 saturated heterocycles. The summed E-state index contributed by atoms with van der Waals surface area (Å²) < 4.78 is 0. The minimum absolute atomic E-state index is 0.115. The lowest BCUT2D eigenvalue weighted by Crippen LogP contribution is -2.35. The fourth-order valence-electron chi connectivity index (χ4n) is 2.48. The van der Waals surface area contributed by atoms with Gasteiger partial charge in [-0.1, -0.05) is 24.3 Å². The normalized spacial score (nSPS) is 15.7. The lowest BCUT2D eigenvalue weighted by Gasteiger charge is -2.30. The Morgan fingerprint density at radius 3 is 2.86 bits per heavy atom. The molecule has 3 rings (SSSR count). The number of carboxylic acids is 1. The number of fused-ring (bicyclic) bond motifs is 1. The Bertz CT molecular complexity index is 696. The van der Waals surface area contributed by atoms with Gasteiger partial charge in [0, 0.05) is 12.5 Å². The van der Waals surface area contributed by atoms with Crippen molar-refractivity contribution in [2.24, 2.45) is 0 Å². The van der Waals surface area contributed by atoms with E-state index in [1.165, 1.54) is 28.5 Å². The van der Waals surface area contributed by atoms with Gasteiger partial charge in [0.05, 0.1) is 5.56 Å². The standard InChI is InChI=1S/C15H14N2O3S/c18-14(19)12-5-6-21-13(12)17-15(20)16-8-10-7-9-3-1-2-4-11(9)10/h1-6,10H,7-8H2,(H,18,19)(H2,16,17,20). The van der Waals surface area contributed by atoms with Crippen LogP contribution in [0.15, 0.2) is 35.7 Å². The maximum atomic E-state index is 11.8. The zero-order valence-electron chi connectivity index (χ0n) is 11.1. The van der Waals surface area contributed by atoms with Crippen LogP contribution >= 0.6 is 11.3 Å². The summed E-state index contributed by atoms with van der Waals surface area (Å²) in [6, 6.07) is 9.28. The molecule has 0 saturated carbocycles. The van der Waals surface area contributed by atoms with Gasteiger partial charge < -0.3 is 10.4 Å². The first-order valence-electron chi connectivity index (χ1n) is 6.58. The maximum Gasteiger partial charge on any atom is 0.338 e. The highest BCUT2D eigenvalue weighted by Crippen LogP contribution is 2.34. The fourth-order valence-corrected chi connectivity index (χ4v) is 3.26. The summed E-state index contributed by atoms with van der Waals surface area (Å²) in [6.45, 7) is 0.552. The van der Waals surface area contributed by atoms with Crippen molar-refractivity contribution in [3.63, 3.8) is 0 Å². The van der Waals surface area contributed by atoms with Crippen LogP contribution in [-0.2, 0) is 6.42 Å². The van der Waals surface area contributed by atoms with Crippen LogP contribution in [0.3, 0.4) is 0 Å².